The standard InChI is InChI=1S/C29H32BN5O2S/c1-6-21-11-8-9-12-24(21)26-19-27(35-28(33-26)25(30)20-32-35)31-17-10-18-34(5)38(36,37)23-15-13-22(14-16-23)29(3,4)7-2/h1,8-9,11-16,19-20,31H,7,10,17-18H2,2-5H3. The first kappa shape index (κ1) is 27.4. The third-order valence-electron chi connectivity index (χ3n) is 7.04. The van der Waals surface area contributed by atoms with E-state index < -0.39 is 10.0 Å². The molecule has 2 heterocycles. The molecule has 9 heteroatoms. The normalized spacial score (nSPS) is 12.1. The van der Waals surface area contributed by atoms with Gasteiger partial charge in [0.1, 0.15) is 13.7 Å². The van der Waals surface area contributed by atoms with Crippen molar-refractivity contribution >= 4 is 34.8 Å². The minimum atomic E-state index is -3.59. The van der Waals surface area contributed by atoms with Gasteiger partial charge < -0.3 is 5.32 Å². The fourth-order valence-electron chi connectivity index (χ4n) is 4.18. The second-order valence-corrected chi connectivity index (χ2v) is 12.0. The van der Waals surface area contributed by atoms with Crippen LogP contribution >= 0.6 is 0 Å². The highest BCUT2D eigenvalue weighted by Gasteiger charge is 2.23. The highest BCUT2D eigenvalue weighted by Crippen LogP contribution is 2.28. The molecule has 0 atom stereocenters. The molecule has 2 aromatic heterocycles. The number of aromatic nitrogens is 3. The van der Waals surface area contributed by atoms with Gasteiger partial charge in [-0.1, -0.05) is 57.0 Å². The van der Waals surface area contributed by atoms with Crippen LogP contribution in [0.15, 0.2) is 65.7 Å². The smallest absolute Gasteiger partial charge is 0.242 e. The lowest BCUT2D eigenvalue weighted by molar-refractivity contribution is 0.465. The van der Waals surface area contributed by atoms with Crippen LogP contribution in [0.1, 0.15) is 44.7 Å². The van der Waals surface area contributed by atoms with E-state index in [9.17, 15) is 8.42 Å². The molecule has 0 amide bonds. The molecule has 2 aromatic carbocycles. The van der Waals surface area contributed by atoms with Crippen molar-refractivity contribution in [2.75, 3.05) is 25.5 Å². The fourth-order valence-corrected chi connectivity index (χ4v) is 5.39. The Morgan fingerprint density at radius 1 is 1.16 bits per heavy atom. The Balaban J connectivity index is 1.46. The summed E-state index contributed by atoms with van der Waals surface area (Å²) in [5.41, 5.74) is 4.32. The van der Waals surface area contributed by atoms with Crippen molar-refractivity contribution in [3.8, 4) is 23.6 Å². The molecule has 0 fully saturated rings. The fraction of sp³-hybridized carbons (Fsp3) is 0.310. The highest BCUT2D eigenvalue weighted by atomic mass is 32.2. The number of nitrogens with zero attached hydrogens (tertiary/aromatic N) is 4. The summed E-state index contributed by atoms with van der Waals surface area (Å²) in [6.45, 7) is 7.29. The van der Waals surface area contributed by atoms with Crippen LogP contribution in [0.4, 0.5) is 5.82 Å². The predicted molar refractivity (Wildman–Crippen MR) is 154 cm³/mol. The largest absolute Gasteiger partial charge is 0.370 e. The molecule has 0 aliphatic carbocycles. The van der Waals surface area contributed by atoms with E-state index in [1.54, 1.807) is 29.9 Å². The number of benzene rings is 2. The van der Waals surface area contributed by atoms with Gasteiger partial charge in [-0.15, -0.1) is 6.42 Å². The Labute approximate surface area is 226 Å². The number of terminal acetylenes is 1. The molecule has 0 aliphatic heterocycles. The molecular formula is C29H32BN5O2S. The number of rotatable bonds is 10. The summed E-state index contributed by atoms with van der Waals surface area (Å²) >= 11 is 0. The molecule has 2 radical (unpaired) electrons. The van der Waals surface area contributed by atoms with Crippen LogP contribution in [0, 0.1) is 12.3 Å². The topological polar surface area (TPSA) is 79.6 Å². The van der Waals surface area contributed by atoms with Gasteiger partial charge in [-0.25, -0.2) is 17.7 Å². The van der Waals surface area contributed by atoms with E-state index in [-0.39, 0.29) is 5.41 Å². The number of hydrogen-bond donors (Lipinski definition) is 1. The summed E-state index contributed by atoms with van der Waals surface area (Å²) in [7, 11) is 4.13. The van der Waals surface area contributed by atoms with E-state index in [0.29, 0.717) is 47.0 Å². The molecule has 4 rings (SSSR count). The van der Waals surface area contributed by atoms with Gasteiger partial charge in [-0.2, -0.15) is 9.61 Å². The third-order valence-corrected chi connectivity index (χ3v) is 8.91. The Kier molecular flexibility index (Phi) is 7.95. The lowest BCUT2D eigenvalue weighted by Crippen LogP contribution is -2.29. The molecule has 194 valence electrons. The molecule has 0 aliphatic rings. The van der Waals surface area contributed by atoms with E-state index in [2.05, 4.69) is 42.1 Å². The first-order valence-electron chi connectivity index (χ1n) is 12.6. The summed E-state index contributed by atoms with van der Waals surface area (Å²) in [5, 5.41) is 7.70. The predicted octanol–water partition coefficient (Wildman–Crippen LogP) is 3.98. The second-order valence-electron chi connectivity index (χ2n) is 9.92. The summed E-state index contributed by atoms with van der Waals surface area (Å²) in [5.74, 6) is 3.39. The number of nitrogens with one attached hydrogen (secondary N) is 1. The van der Waals surface area contributed by atoms with Crippen molar-refractivity contribution in [2.45, 2.75) is 43.9 Å². The molecule has 0 spiro atoms. The van der Waals surface area contributed by atoms with E-state index in [1.165, 1.54) is 4.31 Å². The van der Waals surface area contributed by atoms with Crippen molar-refractivity contribution in [1.29, 1.82) is 0 Å². The molecule has 0 bridgehead atoms. The van der Waals surface area contributed by atoms with Gasteiger partial charge in [-0.3, -0.25) is 0 Å². The van der Waals surface area contributed by atoms with Crippen LogP contribution in [-0.2, 0) is 15.4 Å². The average Bonchev–Trinajstić information content (AvgIpc) is 3.31. The van der Waals surface area contributed by atoms with Crippen LogP contribution in [0.2, 0.25) is 0 Å². The van der Waals surface area contributed by atoms with Crippen molar-refractivity contribution in [1.82, 2.24) is 18.9 Å². The molecule has 0 unspecified atom stereocenters. The van der Waals surface area contributed by atoms with E-state index in [0.717, 1.165) is 23.1 Å². The van der Waals surface area contributed by atoms with Crippen molar-refractivity contribution in [3.05, 3.63) is 71.9 Å². The van der Waals surface area contributed by atoms with Crippen LogP contribution in [0.5, 0.6) is 0 Å². The lowest BCUT2D eigenvalue weighted by Gasteiger charge is -2.24. The van der Waals surface area contributed by atoms with Crippen LogP contribution in [-0.4, -0.2) is 55.3 Å². The minimum Gasteiger partial charge on any atom is -0.370 e. The van der Waals surface area contributed by atoms with Crippen molar-refractivity contribution in [3.63, 3.8) is 0 Å². The third kappa shape index (κ3) is 5.47. The molecule has 7 nitrogen and oxygen atoms in total. The number of hydrogen-bond acceptors (Lipinski definition) is 5. The first-order chi connectivity index (χ1) is 18.1. The number of anilines is 1. The van der Waals surface area contributed by atoms with Gasteiger partial charge in [0, 0.05) is 43.5 Å². The number of sulfonamides is 1. The van der Waals surface area contributed by atoms with E-state index in [4.69, 9.17) is 14.3 Å². The molecule has 0 saturated heterocycles. The van der Waals surface area contributed by atoms with Gasteiger partial charge in [0.25, 0.3) is 0 Å². The maximum atomic E-state index is 13.1. The van der Waals surface area contributed by atoms with Crippen molar-refractivity contribution < 1.29 is 8.42 Å². The van der Waals surface area contributed by atoms with Crippen LogP contribution in [0.3, 0.4) is 0 Å². The van der Waals surface area contributed by atoms with E-state index in [1.807, 2.05) is 42.5 Å². The Morgan fingerprint density at radius 3 is 2.55 bits per heavy atom. The summed E-state index contributed by atoms with van der Waals surface area (Å²) in [6, 6.07) is 16.7. The minimum absolute atomic E-state index is 0.000252. The van der Waals surface area contributed by atoms with Gasteiger partial charge in [0.15, 0.2) is 5.65 Å². The van der Waals surface area contributed by atoms with E-state index >= 15 is 0 Å². The summed E-state index contributed by atoms with van der Waals surface area (Å²) < 4.78 is 29.3. The zero-order valence-electron chi connectivity index (χ0n) is 22.3. The van der Waals surface area contributed by atoms with Crippen LogP contribution in [0.25, 0.3) is 16.9 Å². The van der Waals surface area contributed by atoms with Gasteiger partial charge in [-0.05, 0) is 47.5 Å². The lowest BCUT2D eigenvalue weighted by atomic mass is 9.82. The SMILES string of the molecule is [B]c1cnn2c(NCCCN(C)S(=O)(=O)c3ccc(C(C)(C)CC)cc3)cc(-c3ccccc3C#C)nc12. The monoisotopic (exact) mass is 525 g/mol. The molecule has 38 heavy (non-hydrogen) atoms. The van der Waals surface area contributed by atoms with Gasteiger partial charge in [0.2, 0.25) is 10.0 Å². The first-order valence-corrected chi connectivity index (χ1v) is 14.0. The average molecular weight is 525 g/mol. The Bertz CT molecular complexity index is 1590. The van der Waals surface area contributed by atoms with Gasteiger partial charge in [0.05, 0.1) is 10.6 Å². The summed E-state index contributed by atoms with van der Waals surface area (Å²) in [6.07, 6.45) is 8.80. The zero-order valence-corrected chi connectivity index (χ0v) is 23.1. The maximum Gasteiger partial charge on any atom is 0.242 e. The van der Waals surface area contributed by atoms with Crippen molar-refractivity contribution in [2.24, 2.45) is 0 Å². The molecular weight excluding hydrogens is 493 g/mol. The number of fused-ring (bicyclic) bond motifs is 1. The zero-order chi connectivity index (χ0) is 27.5. The quantitative estimate of drug-likeness (QED) is 0.193. The maximum absolute atomic E-state index is 13.1. The molecule has 1 N–H and O–H groups in total. The van der Waals surface area contributed by atoms with Crippen LogP contribution < -0.4 is 10.8 Å². The highest BCUT2D eigenvalue weighted by molar-refractivity contribution is 7.89. The van der Waals surface area contributed by atoms with Gasteiger partial charge >= 0.3 is 0 Å². The summed E-state index contributed by atoms with van der Waals surface area (Å²) in [4.78, 5) is 4.97. The molecule has 0 saturated carbocycles. The second kappa shape index (κ2) is 11.0. The Hall–Kier alpha value is -3.61. The Morgan fingerprint density at radius 2 is 1.87 bits per heavy atom. The molecule has 4 aromatic rings.